The second-order valence-electron chi connectivity index (χ2n) is 7.02. The van der Waals surface area contributed by atoms with Crippen LogP contribution in [0.25, 0.3) is 0 Å². The molecule has 1 nitrogen and oxygen atoms in total. The summed E-state index contributed by atoms with van der Waals surface area (Å²) in [7, 11) is 0. The summed E-state index contributed by atoms with van der Waals surface area (Å²) in [6.45, 7) is 9.21. The standard InChI is InChI=1S/C15H26O/c1-13(2)8-5-9-15(13,4)12-6-10-14(3,16)11-7-12/h6,10,12,16H,5,7-9,11H2,1-4H3/t12-,14-,15-/m0/s1. The van der Waals surface area contributed by atoms with E-state index in [1.165, 1.54) is 19.3 Å². The fourth-order valence-electron chi connectivity index (χ4n) is 3.69. The monoisotopic (exact) mass is 222 g/mol. The van der Waals surface area contributed by atoms with Crippen molar-refractivity contribution in [1.29, 1.82) is 0 Å². The third kappa shape index (κ3) is 1.84. The molecule has 0 aromatic heterocycles. The van der Waals surface area contributed by atoms with Gasteiger partial charge in [-0.1, -0.05) is 39.3 Å². The molecule has 92 valence electrons. The van der Waals surface area contributed by atoms with Crippen LogP contribution < -0.4 is 0 Å². The molecule has 2 rings (SSSR count). The van der Waals surface area contributed by atoms with Crippen LogP contribution in [0, 0.1) is 16.7 Å². The fraction of sp³-hybridized carbons (Fsp3) is 0.867. The van der Waals surface area contributed by atoms with Crippen LogP contribution >= 0.6 is 0 Å². The summed E-state index contributed by atoms with van der Waals surface area (Å²) in [6.07, 6.45) is 10.4. The number of allylic oxidation sites excluding steroid dienone is 1. The zero-order valence-electron chi connectivity index (χ0n) is 11.2. The Labute approximate surface area is 99.9 Å². The van der Waals surface area contributed by atoms with E-state index in [1.54, 1.807) is 0 Å². The Bertz CT molecular complexity index is 301. The summed E-state index contributed by atoms with van der Waals surface area (Å²) in [6, 6.07) is 0. The van der Waals surface area contributed by atoms with E-state index >= 15 is 0 Å². The lowest BCUT2D eigenvalue weighted by Gasteiger charge is -2.46. The largest absolute Gasteiger partial charge is 0.386 e. The molecule has 1 fully saturated rings. The third-order valence-electron chi connectivity index (χ3n) is 5.51. The van der Waals surface area contributed by atoms with Crippen LogP contribution in [0.5, 0.6) is 0 Å². The lowest BCUT2D eigenvalue weighted by molar-refractivity contribution is 0.0346. The molecule has 1 N–H and O–H groups in total. The van der Waals surface area contributed by atoms with Crippen molar-refractivity contribution in [2.24, 2.45) is 16.7 Å². The van der Waals surface area contributed by atoms with Gasteiger partial charge < -0.3 is 5.11 Å². The van der Waals surface area contributed by atoms with Gasteiger partial charge in [0.05, 0.1) is 5.60 Å². The van der Waals surface area contributed by atoms with Crippen molar-refractivity contribution < 1.29 is 5.11 Å². The van der Waals surface area contributed by atoms with E-state index < -0.39 is 5.60 Å². The Balaban J connectivity index is 2.20. The Morgan fingerprint density at radius 1 is 1.06 bits per heavy atom. The fourth-order valence-corrected chi connectivity index (χ4v) is 3.69. The molecular weight excluding hydrogens is 196 g/mol. The van der Waals surface area contributed by atoms with Crippen LogP contribution in [0.15, 0.2) is 12.2 Å². The Hall–Kier alpha value is -0.300. The van der Waals surface area contributed by atoms with E-state index in [4.69, 9.17) is 0 Å². The highest BCUT2D eigenvalue weighted by Gasteiger charge is 2.49. The van der Waals surface area contributed by atoms with Crippen molar-refractivity contribution in [3.8, 4) is 0 Å². The van der Waals surface area contributed by atoms with Crippen molar-refractivity contribution in [1.82, 2.24) is 0 Å². The minimum Gasteiger partial charge on any atom is -0.386 e. The molecule has 2 aliphatic rings. The van der Waals surface area contributed by atoms with Gasteiger partial charge >= 0.3 is 0 Å². The van der Waals surface area contributed by atoms with E-state index in [0.717, 1.165) is 12.8 Å². The van der Waals surface area contributed by atoms with Crippen molar-refractivity contribution in [3.05, 3.63) is 12.2 Å². The first-order valence-corrected chi connectivity index (χ1v) is 6.69. The summed E-state index contributed by atoms with van der Waals surface area (Å²) >= 11 is 0. The summed E-state index contributed by atoms with van der Waals surface area (Å²) in [5, 5.41) is 9.96. The zero-order chi connectivity index (χ0) is 12.0. The molecule has 1 saturated carbocycles. The van der Waals surface area contributed by atoms with Crippen molar-refractivity contribution in [2.45, 2.75) is 65.4 Å². The zero-order valence-corrected chi connectivity index (χ0v) is 11.2. The lowest BCUT2D eigenvalue weighted by Crippen LogP contribution is -2.39. The van der Waals surface area contributed by atoms with Crippen molar-refractivity contribution >= 4 is 0 Å². The van der Waals surface area contributed by atoms with E-state index in [9.17, 15) is 5.11 Å². The van der Waals surface area contributed by atoms with Gasteiger partial charge in [0.25, 0.3) is 0 Å². The summed E-state index contributed by atoms with van der Waals surface area (Å²) in [4.78, 5) is 0. The van der Waals surface area contributed by atoms with E-state index in [1.807, 2.05) is 13.0 Å². The third-order valence-corrected chi connectivity index (χ3v) is 5.51. The molecule has 16 heavy (non-hydrogen) atoms. The topological polar surface area (TPSA) is 20.2 Å². The number of hydrogen-bond donors (Lipinski definition) is 1. The van der Waals surface area contributed by atoms with Crippen LogP contribution in [0.2, 0.25) is 0 Å². The maximum absolute atomic E-state index is 9.96. The molecule has 2 aliphatic carbocycles. The van der Waals surface area contributed by atoms with Crippen molar-refractivity contribution in [3.63, 3.8) is 0 Å². The molecule has 0 saturated heterocycles. The second-order valence-corrected chi connectivity index (χ2v) is 7.02. The first-order valence-electron chi connectivity index (χ1n) is 6.69. The normalized spacial score (nSPS) is 47.2. The minimum absolute atomic E-state index is 0.431. The van der Waals surface area contributed by atoms with Crippen LogP contribution in [0.4, 0.5) is 0 Å². The van der Waals surface area contributed by atoms with Gasteiger partial charge in [0.2, 0.25) is 0 Å². The lowest BCUT2D eigenvalue weighted by atomic mass is 9.59. The van der Waals surface area contributed by atoms with Crippen LogP contribution in [-0.4, -0.2) is 10.7 Å². The van der Waals surface area contributed by atoms with Gasteiger partial charge in [0.1, 0.15) is 0 Å². The SMILES string of the molecule is CC1(C)CCC[C@@]1(C)[C@H]1C=C[C@](C)(O)CC1. The van der Waals surface area contributed by atoms with Crippen LogP contribution in [0.3, 0.4) is 0 Å². The molecule has 3 atom stereocenters. The maximum Gasteiger partial charge on any atom is 0.0800 e. The molecule has 0 heterocycles. The Kier molecular flexibility index (Phi) is 2.73. The maximum atomic E-state index is 9.96. The molecule has 0 aromatic rings. The average Bonchev–Trinajstić information content (AvgIpc) is 2.42. The first-order chi connectivity index (χ1) is 7.27. The van der Waals surface area contributed by atoms with E-state index in [2.05, 4.69) is 26.8 Å². The second kappa shape index (κ2) is 3.60. The predicted octanol–water partition coefficient (Wildman–Crippen LogP) is 3.92. The van der Waals surface area contributed by atoms with Gasteiger partial charge in [-0.05, 0) is 49.4 Å². The first kappa shape index (κ1) is 12.2. The molecule has 0 aromatic carbocycles. The average molecular weight is 222 g/mol. The smallest absolute Gasteiger partial charge is 0.0800 e. The highest BCUT2D eigenvalue weighted by molar-refractivity contribution is 5.12. The van der Waals surface area contributed by atoms with Gasteiger partial charge in [-0.2, -0.15) is 0 Å². The Morgan fingerprint density at radius 2 is 1.75 bits per heavy atom. The molecule has 0 spiro atoms. The Morgan fingerprint density at radius 3 is 2.19 bits per heavy atom. The van der Waals surface area contributed by atoms with Crippen LogP contribution in [0.1, 0.15) is 59.8 Å². The van der Waals surface area contributed by atoms with Gasteiger partial charge in [-0.3, -0.25) is 0 Å². The van der Waals surface area contributed by atoms with Gasteiger partial charge in [0, 0.05) is 0 Å². The quantitative estimate of drug-likeness (QED) is 0.667. The van der Waals surface area contributed by atoms with Gasteiger partial charge in [0.15, 0.2) is 0 Å². The summed E-state index contributed by atoms with van der Waals surface area (Å²) in [5.41, 5.74) is 0.320. The van der Waals surface area contributed by atoms with E-state index in [0.29, 0.717) is 16.7 Å². The van der Waals surface area contributed by atoms with Crippen LogP contribution in [-0.2, 0) is 0 Å². The van der Waals surface area contributed by atoms with Crippen molar-refractivity contribution in [2.75, 3.05) is 0 Å². The highest BCUT2D eigenvalue weighted by Crippen LogP contribution is 2.58. The molecule has 0 unspecified atom stereocenters. The summed E-state index contributed by atoms with van der Waals surface area (Å²) < 4.78 is 0. The molecule has 1 heteroatoms. The molecule has 0 aliphatic heterocycles. The number of hydrogen-bond acceptors (Lipinski definition) is 1. The van der Waals surface area contributed by atoms with Gasteiger partial charge in [-0.25, -0.2) is 0 Å². The molecular formula is C15H26O. The number of aliphatic hydroxyl groups is 1. The predicted molar refractivity (Wildman–Crippen MR) is 68.2 cm³/mol. The molecule has 0 bridgehead atoms. The molecule has 0 amide bonds. The molecule has 0 radical (unpaired) electrons. The highest BCUT2D eigenvalue weighted by atomic mass is 16.3. The minimum atomic E-state index is -0.560. The number of rotatable bonds is 1. The van der Waals surface area contributed by atoms with Gasteiger partial charge in [-0.15, -0.1) is 0 Å². The van der Waals surface area contributed by atoms with E-state index in [-0.39, 0.29) is 0 Å². The summed E-state index contributed by atoms with van der Waals surface area (Å²) in [5.74, 6) is 0.658.